The fourth-order valence-corrected chi connectivity index (χ4v) is 6.82. The van der Waals surface area contributed by atoms with Crippen LogP contribution in [0.4, 0.5) is 5.69 Å². The molecule has 1 saturated carbocycles. The molecular formula is C30H31BrCl3N3O4S. The summed E-state index contributed by atoms with van der Waals surface area (Å²) in [6.07, 6.45) is 5.04. The van der Waals surface area contributed by atoms with Gasteiger partial charge in [-0.25, -0.2) is 8.42 Å². The molecule has 1 aliphatic carbocycles. The van der Waals surface area contributed by atoms with Crippen LogP contribution in [0.1, 0.15) is 36.8 Å². The molecule has 1 N–H and O–H groups in total. The lowest BCUT2D eigenvalue weighted by Gasteiger charge is -2.34. The standard InChI is InChI=1S/C30H31BrCl3N3O4S/c1-42(40,41)37(27-17-25(33)24(32)16-26(27)34)19-29(38)36(18-21-11-13-22(31)14-12-21)28(15-20-7-3-2-4-8-20)30(39)35-23-9-5-6-10-23/h2-4,7-8,11-14,16-17,23,28H,5-6,9-10,15,18-19H2,1H3,(H,35,39). The monoisotopic (exact) mass is 713 g/mol. The molecule has 0 radical (unpaired) electrons. The van der Waals surface area contributed by atoms with Crippen molar-refractivity contribution in [2.45, 2.75) is 50.7 Å². The van der Waals surface area contributed by atoms with Crippen LogP contribution >= 0.6 is 50.7 Å². The fourth-order valence-electron chi connectivity index (χ4n) is 5.01. The van der Waals surface area contributed by atoms with Gasteiger partial charge in [0, 0.05) is 23.5 Å². The van der Waals surface area contributed by atoms with Crippen molar-refractivity contribution < 1.29 is 18.0 Å². The SMILES string of the molecule is CS(=O)(=O)N(CC(=O)N(Cc1ccc(Br)cc1)C(Cc1ccccc1)C(=O)NC1CCCC1)c1cc(Cl)c(Cl)cc1Cl. The van der Waals surface area contributed by atoms with Gasteiger partial charge in [-0.2, -0.15) is 0 Å². The largest absolute Gasteiger partial charge is 0.352 e. The van der Waals surface area contributed by atoms with Crippen LogP contribution in [-0.4, -0.2) is 50.0 Å². The number of sulfonamides is 1. The lowest BCUT2D eigenvalue weighted by atomic mass is 10.0. The summed E-state index contributed by atoms with van der Waals surface area (Å²) in [5.74, 6) is -0.859. The van der Waals surface area contributed by atoms with Crippen LogP contribution in [-0.2, 0) is 32.6 Å². The van der Waals surface area contributed by atoms with Crippen molar-refractivity contribution >= 4 is 78.3 Å². The third-order valence-electron chi connectivity index (χ3n) is 7.18. The molecule has 0 aliphatic heterocycles. The predicted octanol–water partition coefficient (Wildman–Crippen LogP) is 6.87. The Morgan fingerprint density at radius 1 is 0.929 bits per heavy atom. The quantitative estimate of drug-likeness (QED) is 0.220. The zero-order valence-corrected chi connectivity index (χ0v) is 27.6. The molecule has 0 bridgehead atoms. The van der Waals surface area contributed by atoms with E-state index >= 15 is 0 Å². The molecule has 3 aromatic carbocycles. The number of halogens is 4. The molecule has 4 rings (SSSR count). The number of amides is 2. The summed E-state index contributed by atoms with van der Waals surface area (Å²) in [5, 5.41) is 3.39. The van der Waals surface area contributed by atoms with Crippen LogP contribution in [0.2, 0.25) is 15.1 Å². The number of rotatable bonds is 11. The molecule has 7 nitrogen and oxygen atoms in total. The first-order valence-electron chi connectivity index (χ1n) is 13.4. The smallest absolute Gasteiger partial charge is 0.244 e. The third-order valence-corrected chi connectivity index (χ3v) is 9.86. The summed E-state index contributed by atoms with van der Waals surface area (Å²) >= 11 is 22.1. The third kappa shape index (κ3) is 8.63. The first kappa shape index (κ1) is 32.6. The van der Waals surface area contributed by atoms with Crippen molar-refractivity contribution in [3.8, 4) is 0 Å². The molecule has 0 saturated heterocycles. The summed E-state index contributed by atoms with van der Waals surface area (Å²) < 4.78 is 27.7. The highest BCUT2D eigenvalue weighted by atomic mass is 79.9. The van der Waals surface area contributed by atoms with E-state index in [0.717, 1.165) is 51.8 Å². The number of hydrogen-bond acceptors (Lipinski definition) is 4. The van der Waals surface area contributed by atoms with E-state index in [2.05, 4.69) is 21.2 Å². The van der Waals surface area contributed by atoms with Gasteiger partial charge in [0.1, 0.15) is 12.6 Å². The molecule has 42 heavy (non-hydrogen) atoms. The lowest BCUT2D eigenvalue weighted by molar-refractivity contribution is -0.140. The molecular weight excluding hydrogens is 685 g/mol. The Bertz CT molecular complexity index is 1520. The Kier molecular flexibility index (Phi) is 11.2. The Morgan fingerprint density at radius 2 is 1.55 bits per heavy atom. The normalized spacial score (nSPS) is 14.4. The minimum atomic E-state index is -4.01. The van der Waals surface area contributed by atoms with Crippen LogP contribution in [0.15, 0.2) is 71.2 Å². The van der Waals surface area contributed by atoms with E-state index < -0.39 is 28.5 Å². The number of benzene rings is 3. The van der Waals surface area contributed by atoms with Crippen LogP contribution in [0.25, 0.3) is 0 Å². The summed E-state index contributed by atoms with van der Waals surface area (Å²) in [5.41, 5.74) is 1.66. The second-order valence-corrected chi connectivity index (χ2v) is 14.4. The minimum absolute atomic E-state index is 0.0144. The van der Waals surface area contributed by atoms with Gasteiger partial charge in [0.05, 0.1) is 27.0 Å². The Labute approximate surface area is 270 Å². The van der Waals surface area contributed by atoms with E-state index in [1.54, 1.807) is 0 Å². The van der Waals surface area contributed by atoms with Crippen LogP contribution in [0.3, 0.4) is 0 Å². The van der Waals surface area contributed by atoms with Crippen molar-refractivity contribution in [2.75, 3.05) is 17.1 Å². The summed E-state index contributed by atoms with van der Waals surface area (Å²) in [6, 6.07) is 18.6. The van der Waals surface area contributed by atoms with Crippen LogP contribution < -0.4 is 9.62 Å². The summed E-state index contributed by atoms with van der Waals surface area (Å²) in [4.78, 5) is 29.5. The number of anilines is 1. The zero-order valence-electron chi connectivity index (χ0n) is 22.9. The van der Waals surface area contributed by atoms with Gasteiger partial charge in [-0.05, 0) is 48.2 Å². The topological polar surface area (TPSA) is 86.8 Å². The van der Waals surface area contributed by atoms with Gasteiger partial charge < -0.3 is 10.2 Å². The van der Waals surface area contributed by atoms with Gasteiger partial charge >= 0.3 is 0 Å². The highest BCUT2D eigenvalue weighted by Crippen LogP contribution is 2.36. The van der Waals surface area contributed by atoms with E-state index in [4.69, 9.17) is 34.8 Å². The van der Waals surface area contributed by atoms with Gasteiger partial charge in [0.25, 0.3) is 0 Å². The molecule has 3 aromatic rings. The first-order chi connectivity index (χ1) is 19.9. The number of carbonyl (C=O) groups is 2. The molecule has 1 aliphatic rings. The molecule has 1 atom stereocenters. The zero-order chi connectivity index (χ0) is 30.4. The van der Waals surface area contributed by atoms with Crippen molar-refractivity contribution in [1.29, 1.82) is 0 Å². The highest BCUT2D eigenvalue weighted by molar-refractivity contribution is 9.10. The van der Waals surface area contributed by atoms with E-state index in [1.807, 2.05) is 54.6 Å². The molecule has 224 valence electrons. The van der Waals surface area contributed by atoms with Crippen molar-refractivity contribution in [3.05, 3.63) is 97.4 Å². The van der Waals surface area contributed by atoms with Crippen molar-refractivity contribution in [1.82, 2.24) is 10.2 Å². The van der Waals surface area contributed by atoms with E-state index in [1.165, 1.54) is 17.0 Å². The van der Waals surface area contributed by atoms with Crippen molar-refractivity contribution in [3.63, 3.8) is 0 Å². The number of nitrogens with one attached hydrogen (secondary N) is 1. The Balaban J connectivity index is 1.75. The summed E-state index contributed by atoms with van der Waals surface area (Å²) in [7, 11) is -4.01. The van der Waals surface area contributed by atoms with Gasteiger partial charge in [-0.15, -0.1) is 0 Å². The van der Waals surface area contributed by atoms with Gasteiger partial charge in [0.2, 0.25) is 21.8 Å². The first-order valence-corrected chi connectivity index (χ1v) is 17.2. The van der Waals surface area contributed by atoms with E-state index in [-0.39, 0.29) is 45.7 Å². The number of carbonyl (C=O) groups excluding carboxylic acids is 2. The Hall–Kier alpha value is -2.30. The molecule has 12 heteroatoms. The average Bonchev–Trinajstić information content (AvgIpc) is 3.45. The van der Waals surface area contributed by atoms with Gasteiger partial charge in [0.15, 0.2) is 0 Å². The molecule has 0 aromatic heterocycles. The second-order valence-electron chi connectivity index (χ2n) is 10.3. The average molecular weight is 716 g/mol. The molecule has 1 unspecified atom stereocenters. The lowest BCUT2D eigenvalue weighted by Crippen LogP contribution is -2.54. The Morgan fingerprint density at radius 3 is 2.17 bits per heavy atom. The molecule has 1 fully saturated rings. The molecule has 0 spiro atoms. The minimum Gasteiger partial charge on any atom is -0.352 e. The maximum absolute atomic E-state index is 14.2. The molecule has 2 amide bonds. The molecule has 0 heterocycles. The number of hydrogen-bond donors (Lipinski definition) is 1. The van der Waals surface area contributed by atoms with Crippen molar-refractivity contribution in [2.24, 2.45) is 0 Å². The van der Waals surface area contributed by atoms with Crippen LogP contribution in [0.5, 0.6) is 0 Å². The van der Waals surface area contributed by atoms with E-state index in [9.17, 15) is 18.0 Å². The van der Waals surface area contributed by atoms with Gasteiger partial charge in [-0.1, -0.05) is 106 Å². The maximum Gasteiger partial charge on any atom is 0.244 e. The van der Waals surface area contributed by atoms with Crippen LogP contribution in [0, 0.1) is 0 Å². The maximum atomic E-state index is 14.2. The second kappa shape index (κ2) is 14.4. The van der Waals surface area contributed by atoms with E-state index in [0.29, 0.717) is 0 Å². The highest BCUT2D eigenvalue weighted by Gasteiger charge is 2.34. The predicted molar refractivity (Wildman–Crippen MR) is 173 cm³/mol. The van der Waals surface area contributed by atoms with Gasteiger partial charge in [-0.3, -0.25) is 13.9 Å². The summed E-state index contributed by atoms with van der Waals surface area (Å²) in [6.45, 7) is -0.524. The number of nitrogens with zero attached hydrogens (tertiary/aromatic N) is 2. The fraction of sp³-hybridized carbons (Fsp3) is 0.333.